The zero-order chi connectivity index (χ0) is 15.8. The normalized spacial score (nSPS) is 14.9. The van der Waals surface area contributed by atoms with Gasteiger partial charge in [0.15, 0.2) is 10.8 Å². The molecule has 23 heavy (non-hydrogen) atoms. The monoisotopic (exact) mass is 366 g/mol. The number of nitrogens with zero attached hydrogens (tertiary/aromatic N) is 6. The third-order valence-electron chi connectivity index (χ3n) is 3.79. The van der Waals surface area contributed by atoms with Crippen molar-refractivity contribution in [3.63, 3.8) is 0 Å². The smallest absolute Gasteiger partial charge is 0.194 e. The molecule has 2 aromatic heterocycles. The van der Waals surface area contributed by atoms with Crippen molar-refractivity contribution in [2.24, 2.45) is 0 Å². The van der Waals surface area contributed by atoms with E-state index < -0.39 is 0 Å². The second kappa shape index (κ2) is 6.16. The first kappa shape index (κ1) is 15.0. The number of hydrogen-bond donors (Lipinski definition) is 0. The van der Waals surface area contributed by atoms with Gasteiger partial charge in [0, 0.05) is 29.7 Å². The fraction of sp³-hybridized carbons (Fsp3) is 0.286. The molecule has 0 bridgehead atoms. The van der Waals surface area contributed by atoms with Gasteiger partial charge in [-0.3, -0.25) is 4.90 Å². The largest absolute Gasteiger partial charge is 0.307 e. The van der Waals surface area contributed by atoms with Gasteiger partial charge in [0.05, 0.1) is 6.54 Å². The van der Waals surface area contributed by atoms with E-state index >= 15 is 0 Å². The van der Waals surface area contributed by atoms with E-state index in [1.165, 1.54) is 11.5 Å². The third-order valence-corrected chi connectivity index (χ3v) is 5.04. The number of fused-ring (bicyclic) bond motifs is 1. The van der Waals surface area contributed by atoms with Crippen molar-refractivity contribution in [2.75, 3.05) is 6.54 Å². The van der Waals surface area contributed by atoms with Crippen LogP contribution in [0, 0.1) is 0 Å². The quantitative estimate of drug-likeness (QED) is 0.712. The van der Waals surface area contributed by atoms with Gasteiger partial charge < -0.3 is 4.57 Å². The van der Waals surface area contributed by atoms with Gasteiger partial charge in [-0.05, 0) is 29.2 Å². The highest BCUT2D eigenvalue weighted by Gasteiger charge is 2.23. The molecule has 1 aliphatic rings. The van der Waals surface area contributed by atoms with Crippen LogP contribution in [0.3, 0.4) is 0 Å². The van der Waals surface area contributed by atoms with Gasteiger partial charge in [-0.15, -0.1) is 10.2 Å². The highest BCUT2D eigenvalue weighted by atomic mass is 35.5. The molecule has 0 atom stereocenters. The van der Waals surface area contributed by atoms with Crippen LogP contribution < -0.4 is 0 Å². The van der Waals surface area contributed by atoms with Gasteiger partial charge in [-0.2, -0.15) is 4.37 Å². The average Bonchev–Trinajstić information content (AvgIpc) is 3.18. The molecule has 9 heteroatoms. The molecule has 3 heterocycles. The number of aromatic nitrogens is 5. The SMILES string of the molecule is Clc1ccc(CN2CCn3c(nnc3-c3ncns3)C2)c(Cl)c1. The second-order valence-electron chi connectivity index (χ2n) is 5.28. The Morgan fingerprint density at radius 1 is 1.17 bits per heavy atom. The summed E-state index contributed by atoms with van der Waals surface area (Å²) in [5, 5.41) is 10.7. The lowest BCUT2D eigenvalue weighted by atomic mass is 10.2. The Labute approximate surface area is 146 Å². The van der Waals surface area contributed by atoms with Crippen LogP contribution in [0.25, 0.3) is 10.8 Å². The lowest BCUT2D eigenvalue weighted by Crippen LogP contribution is -2.33. The summed E-state index contributed by atoms with van der Waals surface area (Å²) in [6, 6.07) is 5.61. The molecule has 0 fully saturated rings. The summed E-state index contributed by atoms with van der Waals surface area (Å²) in [6.07, 6.45) is 1.54. The molecule has 118 valence electrons. The maximum Gasteiger partial charge on any atom is 0.194 e. The van der Waals surface area contributed by atoms with Crippen LogP contribution in [0.4, 0.5) is 0 Å². The van der Waals surface area contributed by atoms with Crippen LogP contribution in [-0.2, 0) is 19.6 Å². The summed E-state index contributed by atoms with van der Waals surface area (Å²) in [5.74, 6) is 1.73. The molecule has 6 nitrogen and oxygen atoms in total. The number of halogens is 2. The van der Waals surface area contributed by atoms with E-state index in [0.717, 1.165) is 48.4 Å². The molecule has 0 amide bonds. The Bertz CT molecular complexity index is 832. The molecule has 0 spiro atoms. The van der Waals surface area contributed by atoms with Gasteiger partial charge in [-0.1, -0.05) is 29.3 Å². The van der Waals surface area contributed by atoms with E-state index in [4.69, 9.17) is 23.2 Å². The molecule has 4 rings (SSSR count). The van der Waals surface area contributed by atoms with E-state index in [0.29, 0.717) is 10.0 Å². The number of rotatable bonds is 3. The topological polar surface area (TPSA) is 59.7 Å². The molecule has 0 N–H and O–H groups in total. The van der Waals surface area contributed by atoms with E-state index in [9.17, 15) is 0 Å². The highest BCUT2D eigenvalue weighted by Crippen LogP contribution is 2.25. The zero-order valence-corrected chi connectivity index (χ0v) is 14.3. The van der Waals surface area contributed by atoms with Crippen LogP contribution >= 0.6 is 34.7 Å². The van der Waals surface area contributed by atoms with Crippen molar-refractivity contribution in [2.45, 2.75) is 19.6 Å². The van der Waals surface area contributed by atoms with E-state index in [2.05, 4.69) is 29.0 Å². The van der Waals surface area contributed by atoms with Crippen molar-refractivity contribution < 1.29 is 0 Å². The minimum atomic E-state index is 0.652. The summed E-state index contributed by atoms with van der Waals surface area (Å²) < 4.78 is 6.14. The Morgan fingerprint density at radius 2 is 2.09 bits per heavy atom. The van der Waals surface area contributed by atoms with Gasteiger partial charge in [0.25, 0.3) is 0 Å². The summed E-state index contributed by atoms with van der Waals surface area (Å²) in [6.45, 7) is 3.21. The van der Waals surface area contributed by atoms with Gasteiger partial charge in [0.1, 0.15) is 12.2 Å². The molecule has 0 saturated heterocycles. The molecule has 1 aromatic carbocycles. The molecule has 3 aromatic rings. The maximum absolute atomic E-state index is 6.26. The van der Waals surface area contributed by atoms with Crippen LogP contribution in [-0.4, -0.2) is 35.6 Å². The Hall–Kier alpha value is -1.54. The second-order valence-corrected chi connectivity index (χ2v) is 6.91. The minimum Gasteiger partial charge on any atom is -0.307 e. The lowest BCUT2D eigenvalue weighted by molar-refractivity contribution is 0.209. The van der Waals surface area contributed by atoms with Crippen molar-refractivity contribution in [1.82, 2.24) is 29.0 Å². The first-order chi connectivity index (χ1) is 11.2. The minimum absolute atomic E-state index is 0.652. The Kier molecular flexibility index (Phi) is 4.02. The summed E-state index contributed by atoms with van der Waals surface area (Å²) in [5.41, 5.74) is 1.06. The molecule has 1 aliphatic heterocycles. The number of hydrogen-bond acceptors (Lipinski definition) is 6. The molecular formula is C14H12Cl2N6S. The van der Waals surface area contributed by atoms with Crippen LogP contribution in [0.15, 0.2) is 24.5 Å². The van der Waals surface area contributed by atoms with Crippen molar-refractivity contribution in [3.8, 4) is 10.8 Å². The van der Waals surface area contributed by atoms with Gasteiger partial charge in [0.2, 0.25) is 0 Å². The number of benzene rings is 1. The van der Waals surface area contributed by atoms with Crippen molar-refractivity contribution in [1.29, 1.82) is 0 Å². The predicted molar refractivity (Wildman–Crippen MR) is 89.5 cm³/mol. The van der Waals surface area contributed by atoms with Crippen LogP contribution in [0.1, 0.15) is 11.4 Å². The molecule has 0 unspecified atom stereocenters. The first-order valence-electron chi connectivity index (χ1n) is 7.06. The van der Waals surface area contributed by atoms with E-state index in [1.807, 2.05) is 12.1 Å². The van der Waals surface area contributed by atoms with Gasteiger partial charge >= 0.3 is 0 Å². The summed E-state index contributed by atoms with van der Waals surface area (Å²) in [7, 11) is 0. The third kappa shape index (κ3) is 2.97. The molecule has 0 saturated carbocycles. The fourth-order valence-electron chi connectivity index (χ4n) is 2.66. The summed E-state index contributed by atoms with van der Waals surface area (Å²) in [4.78, 5) is 6.51. The van der Waals surface area contributed by atoms with E-state index in [1.54, 1.807) is 12.4 Å². The highest BCUT2D eigenvalue weighted by molar-refractivity contribution is 7.08. The standard InChI is InChI=1S/C14H12Cl2N6S/c15-10-2-1-9(11(16)5-10)6-21-3-4-22-12(7-21)19-20-13(22)14-17-8-18-23-14/h1-2,5,8H,3-4,6-7H2. The Balaban J connectivity index is 1.53. The first-order valence-corrected chi connectivity index (χ1v) is 8.59. The lowest BCUT2D eigenvalue weighted by Gasteiger charge is -2.27. The van der Waals surface area contributed by atoms with Crippen LogP contribution in [0.5, 0.6) is 0 Å². The van der Waals surface area contributed by atoms with Crippen LogP contribution in [0.2, 0.25) is 10.0 Å². The zero-order valence-electron chi connectivity index (χ0n) is 12.0. The molecule has 0 aliphatic carbocycles. The molecular weight excluding hydrogens is 355 g/mol. The summed E-state index contributed by atoms with van der Waals surface area (Å²) >= 11 is 13.5. The van der Waals surface area contributed by atoms with E-state index in [-0.39, 0.29) is 0 Å². The van der Waals surface area contributed by atoms with Crippen molar-refractivity contribution in [3.05, 3.63) is 46.0 Å². The maximum atomic E-state index is 6.26. The fourth-order valence-corrected chi connectivity index (χ4v) is 3.65. The Morgan fingerprint density at radius 3 is 2.87 bits per heavy atom. The van der Waals surface area contributed by atoms with Crippen molar-refractivity contribution >= 4 is 34.7 Å². The van der Waals surface area contributed by atoms with Gasteiger partial charge in [-0.25, -0.2) is 4.98 Å². The average molecular weight is 367 g/mol. The predicted octanol–water partition coefficient (Wildman–Crippen LogP) is 3.12. The molecule has 0 radical (unpaired) electrons.